The molecule has 3 rings (SSSR count). The van der Waals surface area contributed by atoms with Gasteiger partial charge in [-0.1, -0.05) is 32.4 Å². The van der Waals surface area contributed by atoms with Gasteiger partial charge in [0.15, 0.2) is 0 Å². The van der Waals surface area contributed by atoms with E-state index in [9.17, 15) is 9.90 Å². The molecule has 0 saturated heterocycles. The molecule has 0 bridgehead atoms. The maximum atomic E-state index is 11.5. The van der Waals surface area contributed by atoms with E-state index in [0.29, 0.717) is 13.0 Å². The second kappa shape index (κ2) is 6.16. The van der Waals surface area contributed by atoms with Crippen LogP contribution >= 0.6 is 0 Å². The van der Waals surface area contributed by atoms with Gasteiger partial charge in [0.05, 0.1) is 12.9 Å². The molecule has 2 aromatic rings. The maximum Gasteiger partial charge on any atom is 0.224 e. The van der Waals surface area contributed by atoms with Crippen molar-refractivity contribution in [3.05, 3.63) is 48.0 Å². The van der Waals surface area contributed by atoms with Crippen LogP contribution in [0.4, 0.5) is 5.69 Å². The molecule has 1 amide bonds. The minimum Gasteiger partial charge on any atom is -0.383 e. The first-order valence-corrected chi connectivity index (χ1v) is 8.14. The van der Waals surface area contributed by atoms with E-state index < -0.39 is 5.60 Å². The van der Waals surface area contributed by atoms with Crippen molar-refractivity contribution in [3.63, 3.8) is 0 Å². The van der Waals surface area contributed by atoms with Gasteiger partial charge in [-0.25, -0.2) is 4.98 Å². The number of aliphatic hydroxyl groups is 1. The van der Waals surface area contributed by atoms with Crippen LogP contribution in [0.2, 0.25) is 0 Å². The Morgan fingerprint density at radius 2 is 2.26 bits per heavy atom. The summed E-state index contributed by atoms with van der Waals surface area (Å²) in [6, 6.07) is 5.87. The number of nitrogens with one attached hydrogen (secondary N) is 1. The molecule has 0 aliphatic carbocycles. The lowest BCUT2D eigenvalue weighted by Crippen LogP contribution is -2.38. The van der Waals surface area contributed by atoms with Crippen LogP contribution in [0.15, 0.2) is 36.9 Å². The van der Waals surface area contributed by atoms with Crippen LogP contribution in [0.25, 0.3) is 0 Å². The normalized spacial score (nSPS) is 18.0. The fourth-order valence-electron chi connectivity index (χ4n) is 3.18. The predicted molar refractivity (Wildman–Crippen MR) is 89.0 cm³/mol. The number of nitrogens with zero attached hydrogens (tertiary/aromatic N) is 2. The highest BCUT2D eigenvalue weighted by Gasteiger charge is 2.36. The smallest absolute Gasteiger partial charge is 0.224 e. The van der Waals surface area contributed by atoms with Gasteiger partial charge in [0.25, 0.3) is 0 Å². The number of anilines is 1. The molecule has 122 valence electrons. The summed E-state index contributed by atoms with van der Waals surface area (Å²) in [7, 11) is 0. The lowest BCUT2D eigenvalue weighted by molar-refractivity contribution is -0.116. The summed E-state index contributed by atoms with van der Waals surface area (Å²) >= 11 is 0. The van der Waals surface area contributed by atoms with E-state index in [-0.39, 0.29) is 11.8 Å². The van der Waals surface area contributed by atoms with Crippen molar-refractivity contribution >= 4 is 11.6 Å². The van der Waals surface area contributed by atoms with Crippen molar-refractivity contribution in [2.75, 3.05) is 5.32 Å². The molecule has 1 aromatic heterocycles. The van der Waals surface area contributed by atoms with Crippen molar-refractivity contribution in [1.29, 1.82) is 0 Å². The number of carbonyl (C=O) groups is 1. The molecule has 0 spiro atoms. The lowest BCUT2D eigenvalue weighted by atomic mass is 9.79. The van der Waals surface area contributed by atoms with Crippen LogP contribution in [-0.4, -0.2) is 20.6 Å². The largest absolute Gasteiger partial charge is 0.383 e. The molecule has 2 atom stereocenters. The summed E-state index contributed by atoms with van der Waals surface area (Å²) in [5, 5.41) is 14.3. The Kier molecular flexibility index (Phi) is 4.22. The van der Waals surface area contributed by atoms with E-state index in [2.05, 4.69) is 24.1 Å². The zero-order chi connectivity index (χ0) is 16.4. The average Bonchev–Trinajstić information content (AvgIpc) is 3.06. The quantitative estimate of drug-likeness (QED) is 0.892. The fraction of sp³-hybridized carbons (Fsp3) is 0.444. The molecule has 2 N–H and O–H groups in total. The molecule has 0 fully saturated rings. The molecule has 0 saturated carbocycles. The third kappa shape index (κ3) is 3.01. The standard InChI is InChI=1S/C18H23N3O2/c1-3-13(2)18(23,11-21-9-8-19-12-21)15-5-6-16-14(10-15)4-7-17(22)20-16/h5-6,8-10,12-13,23H,3-4,7,11H2,1-2H3,(H,20,22). The van der Waals surface area contributed by atoms with Gasteiger partial charge in [0.1, 0.15) is 5.60 Å². The zero-order valence-corrected chi connectivity index (χ0v) is 13.6. The highest BCUT2D eigenvalue weighted by Crippen LogP contribution is 2.36. The molecular weight excluding hydrogens is 290 g/mol. The molecule has 2 heterocycles. The lowest BCUT2D eigenvalue weighted by Gasteiger charge is -2.35. The highest BCUT2D eigenvalue weighted by molar-refractivity contribution is 5.93. The van der Waals surface area contributed by atoms with Crippen molar-refractivity contribution < 1.29 is 9.90 Å². The Hall–Kier alpha value is -2.14. The predicted octanol–water partition coefficient (Wildman–Crippen LogP) is 2.70. The summed E-state index contributed by atoms with van der Waals surface area (Å²) in [5.74, 6) is 0.155. The van der Waals surface area contributed by atoms with Crippen LogP contribution in [-0.2, 0) is 23.4 Å². The second-order valence-corrected chi connectivity index (χ2v) is 6.39. The summed E-state index contributed by atoms with van der Waals surface area (Å²) in [4.78, 5) is 15.6. The van der Waals surface area contributed by atoms with Crippen molar-refractivity contribution in [2.24, 2.45) is 5.92 Å². The molecule has 1 aliphatic rings. The van der Waals surface area contributed by atoms with Gasteiger partial charge in [0.2, 0.25) is 5.91 Å². The minimum atomic E-state index is -0.966. The Morgan fingerprint density at radius 1 is 1.43 bits per heavy atom. The summed E-state index contributed by atoms with van der Waals surface area (Å²) in [6.45, 7) is 4.62. The number of hydrogen-bond donors (Lipinski definition) is 2. The SMILES string of the molecule is CCC(C)C(O)(Cn1ccnc1)c1ccc2c(c1)CCC(=O)N2. The van der Waals surface area contributed by atoms with Gasteiger partial charge in [-0.3, -0.25) is 4.79 Å². The van der Waals surface area contributed by atoms with Crippen molar-refractivity contribution in [2.45, 2.75) is 45.3 Å². The van der Waals surface area contributed by atoms with Gasteiger partial charge in [-0.15, -0.1) is 0 Å². The van der Waals surface area contributed by atoms with E-state index in [1.54, 1.807) is 12.5 Å². The summed E-state index contributed by atoms with van der Waals surface area (Å²) < 4.78 is 1.91. The van der Waals surface area contributed by atoms with E-state index in [1.165, 1.54) is 0 Å². The van der Waals surface area contributed by atoms with Crippen LogP contribution in [0.5, 0.6) is 0 Å². The molecule has 2 unspecified atom stereocenters. The Bertz CT molecular complexity index is 696. The van der Waals surface area contributed by atoms with E-state index in [0.717, 1.165) is 29.7 Å². The molecule has 1 aromatic carbocycles. The van der Waals surface area contributed by atoms with Gasteiger partial charge in [-0.2, -0.15) is 0 Å². The van der Waals surface area contributed by atoms with E-state index >= 15 is 0 Å². The number of hydrogen-bond acceptors (Lipinski definition) is 3. The zero-order valence-electron chi connectivity index (χ0n) is 13.6. The Labute approximate surface area is 136 Å². The maximum absolute atomic E-state index is 11.5. The van der Waals surface area contributed by atoms with E-state index in [1.807, 2.05) is 29.0 Å². The van der Waals surface area contributed by atoms with Gasteiger partial charge < -0.3 is 15.0 Å². The first-order valence-electron chi connectivity index (χ1n) is 8.14. The molecule has 1 aliphatic heterocycles. The molecule has 0 radical (unpaired) electrons. The molecular formula is C18H23N3O2. The first kappa shape index (κ1) is 15.7. The Balaban J connectivity index is 1.98. The van der Waals surface area contributed by atoms with E-state index in [4.69, 9.17) is 0 Å². The average molecular weight is 313 g/mol. The third-order valence-corrected chi connectivity index (χ3v) is 4.91. The topological polar surface area (TPSA) is 67.1 Å². The molecule has 23 heavy (non-hydrogen) atoms. The van der Waals surface area contributed by atoms with Gasteiger partial charge >= 0.3 is 0 Å². The number of carbonyl (C=O) groups excluding carboxylic acids is 1. The van der Waals surface area contributed by atoms with Crippen LogP contribution in [0, 0.1) is 5.92 Å². The molecule has 5 heteroatoms. The summed E-state index contributed by atoms with van der Waals surface area (Å²) in [5.41, 5.74) is 1.88. The second-order valence-electron chi connectivity index (χ2n) is 6.39. The number of imidazole rings is 1. The number of fused-ring (bicyclic) bond motifs is 1. The first-order chi connectivity index (χ1) is 11.0. The molecule has 5 nitrogen and oxygen atoms in total. The van der Waals surface area contributed by atoms with Crippen molar-refractivity contribution in [1.82, 2.24) is 9.55 Å². The summed E-state index contributed by atoms with van der Waals surface area (Å²) in [6.07, 6.45) is 7.41. The van der Waals surface area contributed by atoms with Gasteiger partial charge in [0, 0.05) is 24.5 Å². The number of aryl methyl sites for hydroxylation is 1. The fourth-order valence-corrected chi connectivity index (χ4v) is 3.18. The highest BCUT2D eigenvalue weighted by atomic mass is 16.3. The number of benzene rings is 1. The van der Waals surface area contributed by atoms with Crippen LogP contribution in [0.3, 0.4) is 0 Å². The van der Waals surface area contributed by atoms with Crippen molar-refractivity contribution in [3.8, 4) is 0 Å². The monoisotopic (exact) mass is 313 g/mol. The number of amides is 1. The minimum absolute atomic E-state index is 0.0563. The van der Waals surface area contributed by atoms with Crippen LogP contribution < -0.4 is 5.32 Å². The Morgan fingerprint density at radius 3 is 2.96 bits per heavy atom. The number of aromatic nitrogens is 2. The van der Waals surface area contributed by atoms with Crippen LogP contribution in [0.1, 0.15) is 37.8 Å². The third-order valence-electron chi connectivity index (χ3n) is 4.91. The number of rotatable bonds is 5. The van der Waals surface area contributed by atoms with Gasteiger partial charge in [-0.05, 0) is 29.5 Å².